The van der Waals surface area contributed by atoms with E-state index in [9.17, 15) is 4.79 Å². The molecule has 0 saturated carbocycles. The second-order valence-corrected chi connectivity index (χ2v) is 4.74. The summed E-state index contributed by atoms with van der Waals surface area (Å²) in [6, 6.07) is -0.118. The number of nitrogens with two attached hydrogens (primary N) is 1. The van der Waals surface area contributed by atoms with E-state index in [0.717, 1.165) is 24.2 Å². The van der Waals surface area contributed by atoms with Crippen LogP contribution in [0.15, 0.2) is 6.20 Å². The monoisotopic (exact) mass is 236 g/mol. The van der Waals surface area contributed by atoms with Gasteiger partial charge in [-0.3, -0.25) is 9.48 Å². The lowest BCUT2D eigenvalue weighted by Crippen LogP contribution is -2.33. The second kappa shape index (κ2) is 4.49. The number of carbonyl (C=O) groups is 1. The van der Waals surface area contributed by atoms with Crippen molar-refractivity contribution >= 4 is 5.91 Å². The normalized spacial score (nSPS) is 24.7. The first-order valence-electron chi connectivity index (χ1n) is 6.09. The maximum Gasteiger partial charge on any atom is 0.224 e. The Balaban J connectivity index is 2.34. The molecule has 5 nitrogen and oxygen atoms in total. The number of aromatic nitrogens is 2. The summed E-state index contributed by atoms with van der Waals surface area (Å²) in [5, 5.41) is 4.33. The highest BCUT2D eigenvalue weighted by Gasteiger charge is 2.39. The molecule has 0 spiro atoms. The van der Waals surface area contributed by atoms with Crippen molar-refractivity contribution in [2.75, 3.05) is 6.54 Å². The SMILES string of the molecule is CCCN1C(=O)C[C@H](N)[C@H]1c1cn(C)nc1C. The molecule has 0 radical (unpaired) electrons. The van der Waals surface area contributed by atoms with Crippen molar-refractivity contribution in [2.45, 2.75) is 38.8 Å². The molecule has 1 aliphatic rings. The molecule has 0 bridgehead atoms. The molecule has 0 aromatic carbocycles. The van der Waals surface area contributed by atoms with E-state index in [1.165, 1.54) is 0 Å². The maximum absolute atomic E-state index is 11.9. The molecular weight excluding hydrogens is 216 g/mol. The number of aryl methyl sites for hydroxylation is 2. The summed E-state index contributed by atoms with van der Waals surface area (Å²) in [5.41, 5.74) is 8.15. The Morgan fingerprint density at radius 2 is 2.29 bits per heavy atom. The fraction of sp³-hybridized carbons (Fsp3) is 0.667. The van der Waals surface area contributed by atoms with E-state index in [1.54, 1.807) is 4.68 Å². The Kier molecular flexibility index (Phi) is 3.19. The molecule has 0 unspecified atom stereocenters. The van der Waals surface area contributed by atoms with Gasteiger partial charge in [0.25, 0.3) is 0 Å². The quantitative estimate of drug-likeness (QED) is 0.842. The molecule has 1 saturated heterocycles. The van der Waals surface area contributed by atoms with Gasteiger partial charge in [-0.2, -0.15) is 5.10 Å². The van der Waals surface area contributed by atoms with E-state index in [0.29, 0.717) is 6.42 Å². The predicted molar refractivity (Wildman–Crippen MR) is 65.3 cm³/mol. The van der Waals surface area contributed by atoms with Crippen LogP contribution in [0.2, 0.25) is 0 Å². The van der Waals surface area contributed by atoms with E-state index >= 15 is 0 Å². The van der Waals surface area contributed by atoms with Crippen LogP contribution in [0.25, 0.3) is 0 Å². The van der Waals surface area contributed by atoms with Crippen LogP contribution in [0.1, 0.15) is 37.1 Å². The summed E-state index contributed by atoms with van der Waals surface area (Å²) in [6.45, 7) is 4.81. The Morgan fingerprint density at radius 1 is 1.59 bits per heavy atom. The fourth-order valence-electron chi connectivity index (χ4n) is 2.63. The second-order valence-electron chi connectivity index (χ2n) is 4.74. The van der Waals surface area contributed by atoms with Gasteiger partial charge in [0, 0.05) is 37.8 Å². The zero-order chi connectivity index (χ0) is 12.6. The summed E-state index contributed by atoms with van der Waals surface area (Å²) in [5.74, 6) is 0.160. The van der Waals surface area contributed by atoms with Crippen molar-refractivity contribution in [1.82, 2.24) is 14.7 Å². The summed E-state index contributed by atoms with van der Waals surface area (Å²) < 4.78 is 1.78. The first-order valence-corrected chi connectivity index (χ1v) is 6.09. The van der Waals surface area contributed by atoms with Gasteiger partial charge in [-0.25, -0.2) is 0 Å². The van der Waals surface area contributed by atoms with Crippen LogP contribution < -0.4 is 5.73 Å². The molecule has 2 rings (SSSR count). The van der Waals surface area contributed by atoms with E-state index < -0.39 is 0 Å². The van der Waals surface area contributed by atoms with Crippen molar-refractivity contribution in [1.29, 1.82) is 0 Å². The predicted octanol–water partition coefficient (Wildman–Crippen LogP) is 0.739. The number of hydrogen-bond donors (Lipinski definition) is 1. The highest BCUT2D eigenvalue weighted by Crippen LogP contribution is 2.33. The van der Waals surface area contributed by atoms with Gasteiger partial charge in [-0.05, 0) is 13.3 Å². The number of carbonyl (C=O) groups excluding carboxylic acids is 1. The number of rotatable bonds is 3. The Morgan fingerprint density at radius 3 is 2.82 bits per heavy atom. The molecule has 5 heteroatoms. The van der Waals surface area contributed by atoms with Crippen LogP contribution in [0, 0.1) is 6.92 Å². The van der Waals surface area contributed by atoms with Crippen LogP contribution >= 0.6 is 0 Å². The molecule has 0 aliphatic carbocycles. The van der Waals surface area contributed by atoms with Crippen LogP contribution in [0.4, 0.5) is 0 Å². The largest absolute Gasteiger partial charge is 0.334 e. The number of nitrogens with zero attached hydrogens (tertiary/aromatic N) is 3. The van der Waals surface area contributed by atoms with Gasteiger partial charge >= 0.3 is 0 Å². The highest BCUT2D eigenvalue weighted by molar-refractivity contribution is 5.80. The fourth-order valence-corrected chi connectivity index (χ4v) is 2.63. The third-order valence-electron chi connectivity index (χ3n) is 3.31. The average Bonchev–Trinajstić information content (AvgIpc) is 2.69. The molecule has 94 valence electrons. The van der Waals surface area contributed by atoms with Crippen molar-refractivity contribution < 1.29 is 4.79 Å². The van der Waals surface area contributed by atoms with Gasteiger partial charge in [0.15, 0.2) is 0 Å². The summed E-state index contributed by atoms with van der Waals surface area (Å²) in [7, 11) is 1.89. The number of amides is 1. The van der Waals surface area contributed by atoms with Gasteiger partial charge in [-0.1, -0.05) is 6.92 Å². The third-order valence-corrected chi connectivity index (χ3v) is 3.31. The lowest BCUT2D eigenvalue weighted by molar-refractivity contribution is -0.129. The van der Waals surface area contributed by atoms with Crippen LogP contribution in [-0.2, 0) is 11.8 Å². The minimum absolute atomic E-state index is 0.00356. The maximum atomic E-state index is 11.9. The highest BCUT2D eigenvalue weighted by atomic mass is 16.2. The molecule has 2 heterocycles. The van der Waals surface area contributed by atoms with Crippen LogP contribution in [0.3, 0.4) is 0 Å². The minimum Gasteiger partial charge on any atom is -0.334 e. The molecular formula is C12H20N4O. The number of hydrogen-bond acceptors (Lipinski definition) is 3. The topological polar surface area (TPSA) is 64.2 Å². The zero-order valence-electron chi connectivity index (χ0n) is 10.7. The number of likely N-dealkylation sites (tertiary alicyclic amines) is 1. The third kappa shape index (κ3) is 2.07. The average molecular weight is 236 g/mol. The standard InChI is InChI=1S/C12H20N4O/c1-4-5-16-11(17)6-10(13)12(16)9-7-15(3)14-8(9)2/h7,10,12H,4-6,13H2,1-3H3/t10-,12+/m0/s1. The van der Waals surface area contributed by atoms with Crippen LogP contribution in [0.5, 0.6) is 0 Å². The summed E-state index contributed by atoms with van der Waals surface area (Å²) >= 11 is 0. The summed E-state index contributed by atoms with van der Waals surface area (Å²) in [6.07, 6.45) is 3.37. The smallest absolute Gasteiger partial charge is 0.224 e. The Labute approximate surface area is 102 Å². The van der Waals surface area contributed by atoms with Gasteiger partial charge in [-0.15, -0.1) is 0 Å². The van der Waals surface area contributed by atoms with Crippen molar-refractivity contribution in [3.63, 3.8) is 0 Å². The van der Waals surface area contributed by atoms with Gasteiger partial charge in [0.1, 0.15) is 0 Å². The molecule has 1 fully saturated rings. The Hall–Kier alpha value is -1.36. The van der Waals surface area contributed by atoms with Gasteiger partial charge < -0.3 is 10.6 Å². The lowest BCUT2D eigenvalue weighted by Gasteiger charge is -2.26. The molecule has 2 N–H and O–H groups in total. The summed E-state index contributed by atoms with van der Waals surface area (Å²) in [4.78, 5) is 13.8. The van der Waals surface area contributed by atoms with Crippen molar-refractivity contribution in [3.8, 4) is 0 Å². The first-order chi connectivity index (χ1) is 8.04. The lowest BCUT2D eigenvalue weighted by atomic mass is 10.0. The molecule has 1 amide bonds. The van der Waals surface area contributed by atoms with E-state index in [1.807, 2.05) is 25.1 Å². The molecule has 17 heavy (non-hydrogen) atoms. The molecule has 1 aromatic heterocycles. The molecule has 2 atom stereocenters. The first kappa shape index (κ1) is 12.1. The molecule has 1 aliphatic heterocycles. The van der Waals surface area contributed by atoms with E-state index in [4.69, 9.17) is 5.73 Å². The van der Waals surface area contributed by atoms with E-state index in [2.05, 4.69) is 12.0 Å². The van der Waals surface area contributed by atoms with Gasteiger partial charge in [0.05, 0.1) is 11.7 Å². The van der Waals surface area contributed by atoms with Crippen molar-refractivity contribution in [2.24, 2.45) is 12.8 Å². The van der Waals surface area contributed by atoms with Crippen molar-refractivity contribution in [3.05, 3.63) is 17.5 Å². The molecule has 1 aromatic rings. The Bertz CT molecular complexity index is 426. The van der Waals surface area contributed by atoms with E-state index in [-0.39, 0.29) is 18.0 Å². The zero-order valence-corrected chi connectivity index (χ0v) is 10.7. The minimum atomic E-state index is -0.114. The van der Waals surface area contributed by atoms with Crippen LogP contribution in [-0.4, -0.2) is 33.2 Å². The van der Waals surface area contributed by atoms with Gasteiger partial charge in [0.2, 0.25) is 5.91 Å².